The van der Waals surface area contributed by atoms with E-state index >= 15 is 0 Å². The number of hydrogen-bond acceptors (Lipinski definition) is 11. The van der Waals surface area contributed by atoms with Crippen LogP contribution in [0, 0.1) is 0 Å². The molecule has 3 unspecified atom stereocenters. The molecule has 1 N–H and O–H groups in total. The van der Waals surface area contributed by atoms with E-state index in [1.54, 1.807) is 28.7 Å². The molecule has 0 fully saturated rings. The zero-order valence-corrected chi connectivity index (χ0v) is 35.3. The van der Waals surface area contributed by atoms with Gasteiger partial charge in [-0.1, -0.05) is 113 Å². The highest BCUT2D eigenvalue weighted by molar-refractivity contribution is 8.76. The molecule has 0 heterocycles. The molecule has 0 aliphatic heterocycles. The van der Waals surface area contributed by atoms with Gasteiger partial charge in [-0.2, -0.15) is 0 Å². The molecule has 3 aromatic carbocycles. The molecular weight excluding hydrogens is 751 g/mol. The minimum atomic E-state index is -0.445. The van der Waals surface area contributed by atoms with Gasteiger partial charge in [0, 0.05) is 43.4 Å². The molecule has 0 radical (unpaired) electrons. The van der Waals surface area contributed by atoms with Crippen molar-refractivity contribution in [3.63, 3.8) is 0 Å². The van der Waals surface area contributed by atoms with E-state index < -0.39 is 5.41 Å². The number of ether oxygens (including phenoxy) is 7. The summed E-state index contributed by atoms with van der Waals surface area (Å²) in [7, 11) is 5.05. The van der Waals surface area contributed by atoms with Gasteiger partial charge in [0.05, 0.1) is 71.2 Å². The Morgan fingerprint density at radius 1 is 0.607 bits per heavy atom. The summed E-state index contributed by atoms with van der Waals surface area (Å²) in [6.07, 6.45) is 1.90. The molecule has 3 aromatic rings. The van der Waals surface area contributed by atoms with Crippen molar-refractivity contribution in [2.45, 2.75) is 70.2 Å². The Labute approximate surface area is 342 Å². The lowest BCUT2D eigenvalue weighted by Crippen LogP contribution is -2.33. The predicted octanol–water partition coefficient (Wildman–Crippen LogP) is 7.52. The second kappa shape index (κ2) is 29.3. The van der Waals surface area contributed by atoms with E-state index in [-0.39, 0.29) is 36.8 Å². The average Bonchev–Trinajstić information content (AvgIpc) is 3.22. The van der Waals surface area contributed by atoms with Crippen LogP contribution in [0.2, 0.25) is 0 Å². The molecule has 10 nitrogen and oxygen atoms in total. The molecule has 0 bridgehead atoms. The fraction of sp³-hybridized carbons (Fsp3) is 0.545. The van der Waals surface area contributed by atoms with Crippen molar-refractivity contribution in [2.24, 2.45) is 0 Å². The average molecular weight is 814 g/mol. The third kappa shape index (κ3) is 19.0. The normalized spacial score (nSPS) is 13.2. The first-order chi connectivity index (χ1) is 27.3. The lowest BCUT2D eigenvalue weighted by Gasteiger charge is -2.36. The van der Waals surface area contributed by atoms with Crippen LogP contribution >= 0.6 is 21.6 Å². The maximum absolute atomic E-state index is 13.1. The zero-order chi connectivity index (χ0) is 40.1. The van der Waals surface area contributed by atoms with Crippen LogP contribution < -0.4 is 5.32 Å². The van der Waals surface area contributed by atoms with Crippen molar-refractivity contribution in [2.75, 3.05) is 84.6 Å². The summed E-state index contributed by atoms with van der Waals surface area (Å²) < 4.78 is 38.6. The molecule has 310 valence electrons. The van der Waals surface area contributed by atoms with E-state index in [0.717, 1.165) is 17.9 Å². The predicted molar refractivity (Wildman–Crippen MR) is 226 cm³/mol. The van der Waals surface area contributed by atoms with Crippen molar-refractivity contribution in [1.29, 1.82) is 0 Å². The maximum atomic E-state index is 13.1. The largest absolute Gasteiger partial charge is 0.463 e. The van der Waals surface area contributed by atoms with Crippen LogP contribution in [0.25, 0.3) is 0 Å². The molecular formula is C44H63NO9S2. The molecule has 56 heavy (non-hydrogen) atoms. The number of amides is 1. The Morgan fingerprint density at radius 3 is 1.71 bits per heavy atom. The van der Waals surface area contributed by atoms with Gasteiger partial charge in [-0.15, -0.1) is 0 Å². The van der Waals surface area contributed by atoms with Gasteiger partial charge in [-0.25, -0.2) is 0 Å². The monoisotopic (exact) mass is 813 g/mol. The second-order valence-corrected chi connectivity index (χ2v) is 16.2. The van der Waals surface area contributed by atoms with E-state index in [2.05, 4.69) is 78.1 Å². The van der Waals surface area contributed by atoms with Crippen molar-refractivity contribution < 1.29 is 42.7 Å². The Balaban J connectivity index is 1.19. The first kappa shape index (κ1) is 47.4. The Hall–Kier alpha value is -2.94. The molecule has 0 aliphatic rings. The van der Waals surface area contributed by atoms with Crippen LogP contribution in [0.15, 0.2) is 91.0 Å². The van der Waals surface area contributed by atoms with E-state index in [1.807, 2.05) is 39.0 Å². The molecule has 3 atom stereocenters. The first-order valence-corrected chi connectivity index (χ1v) is 22.2. The van der Waals surface area contributed by atoms with Crippen molar-refractivity contribution in [3.05, 3.63) is 108 Å². The SMILES string of the molecule is COCCOCCOC(C)COC(C)COC(C)COCCOC(=O)CCCSSCCNC(=O)CCC(c1ccccc1)(c1ccccc1)c1ccccc1. The summed E-state index contributed by atoms with van der Waals surface area (Å²) in [6, 6.07) is 31.4. The summed E-state index contributed by atoms with van der Waals surface area (Å²) >= 11 is 0. The zero-order valence-electron chi connectivity index (χ0n) is 33.7. The van der Waals surface area contributed by atoms with Gasteiger partial charge in [-0.3, -0.25) is 9.59 Å². The van der Waals surface area contributed by atoms with Crippen molar-refractivity contribution in [1.82, 2.24) is 5.32 Å². The third-order valence-corrected chi connectivity index (χ3v) is 11.4. The lowest BCUT2D eigenvalue weighted by atomic mass is 9.66. The van der Waals surface area contributed by atoms with E-state index in [9.17, 15) is 9.59 Å². The number of carbonyl (C=O) groups excluding carboxylic acids is 2. The summed E-state index contributed by atoms with van der Waals surface area (Å²) in [4.78, 5) is 25.2. The van der Waals surface area contributed by atoms with Gasteiger partial charge >= 0.3 is 5.97 Å². The van der Waals surface area contributed by atoms with Crippen molar-refractivity contribution in [3.8, 4) is 0 Å². The van der Waals surface area contributed by atoms with Gasteiger partial charge in [0.1, 0.15) is 6.61 Å². The van der Waals surface area contributed by atoms with Crippen LogP contribution in [-0.2, 0) is 48.2 Å². The van der Waals surface area contributed by atoms with E-state index in [0.29, 0.717) is 78.7 Å². The fourth-order valence-electron chi connectivity index (χ4n) is 5.95. The standard InChI is InChI=1S/C44H63NO9S2/c1-36(53-35-38(3)54-34-37(2)51-29-27-49-26-25-48-4)33-50-28-30-52-43(47)21-14-31-55-56-32-24-45-42(46)22-23-44(39-15-8-5-9-16-39,40-17-10-6-11-18-40)41-19-12-7-13-20-41/h5-13,15-20,36-38H,14,21-35H2,1-4H3,(H,45,46). The Bertz CT molecular complexity index is 1340. The highest BCUT2D eigenvalue weighted by Crippen LogP contribution is 2.43. The number of esters is 1. The molecule has 0 aliphatic carbocycles. The van der Waals surface area contributed by atoms with Crippen molar-refractivity contribution >= 4 is 33.5 Å². The minimum Gasteiger partial charge on any atom is -0.463 e. The van der Waals surface area contributed by atoms with Crippen LogP contribution in [0.3, 0.4) is 0 Å². The van der Waals surface area contributed by atoms with E-state index in [4.69, 9.17) is 33.2 Å². The van der Waals surface area contributed by atoms with Crippen LogP contribution in [-0.4, -0.2) is 115 Å². The van der Waals surface area contributed by atoms with Crippen LogP contribution in [0.1, 0.15) is 63.1 Å². The highest BCUT2D eigenvalue weighted by Gasteiger charge is 2.36. The minimum absolute atomic E-state index is 0.0407. The molecule has 3 rings (SSSR count). The summed E-state index contributed by atoms with van der Waals surface area (Å²) in [6.45, 7) is 10.5. The lowest BCUT2D eigenvalue weighted by molar-refractivity contribution is -0.145. The Kier molecular flexibility index (Phi) is 24.8. The summed E-state index contributed by atoms with van der Waals surface area (Å²) in [5.74, 6) is 1.43. The summed E-state index contributed by atoms with van der Waals surface area (Å²) in [5, 5.41) is 3.11. The number of methoxy groups -OCH3 is 1. The van der Waals surface area contributed by atoms with Gasteiger partial charge < -0.3 is 38.5 Å². The molecule has 0 saturated heterocycles. The highest BCUT2D eigenvalue weighted by atomic mass is 33.1. The maximum Gasteiger partial charge on any atom is 0.305 e. The van der Waals surface area contributed by atoms with Gasteiger partial charge in [0.2, 0.25) is 5.91 Å². The first-order valence-electron chi connectivity index (χ1n) is 19.7. The number of hydrogen-bond donors (Lipinski definition) is 1. The number of nitrogens with one attached hydrogen (secondary N) is 1. The number of carbonyl (C=O) groups is 2. The smallest absolute Gasteiger partial charge is 0.305 e. The molecule has 0 saturated carbocycles. The quantitative estimate of drug-likeness (QED) is 0.0293. The third-order valence-electron chi connectivity index (χ3n) is 8.86. The second-order valence-electron chi connectivity index (χ2n) is 13.5. The van der Waals surface area contributed by atoms with E-state index in [1.165, 1.54) is 16.7 Å². The Morgan fingerprint density at radius 2 is 1.12 bits per heavy atom. The van der Waals surface area contributed by atoms with Gasteiger partial charge in [0.25, 0.3) is 0 Å². The summed E-state index contributed by atoms with van der Waals surface area (Å²) in [5.41, 5.74) is 3.06. The number of benzene rings is 3. The van der Waals surface area contributed by atoms with Gasteiger partial charge in [0.15, 0.2) is 0 Å². The topological polar surface area (TPSA) is 111 Å². The number of rotatable bonds is 32. The molecule has 0 spiro atoms. The van der Waals surface area contributed by atoms with Crippen LogP contribution in [0.5, 0.6) is 0 Å². The van der Waals surface area contributed by atoms with Crippen LogP contribution in [0.4, 0.5) is 0 Å². The molecule has 1 amide bonds. The molecule has 12 heteroatoms. The van der Waals surface area contributed by atoms with Gasteiger partial charge in [-0.05, 0) is 50.3 Å². The fourth-order valence-corrected chi connectivity index (χ4v) is 7.94. The molecule has 0 aromatic heterocycles.